The zero-order valence-electron chi connectivity index (χ0n) is 25.7. The zero-order valence-corrected chi connectivity index (χ0v) is 26.7. The fourth-order valence-corrected chi connectivity index (χ4v) is 7.24. The Bertz CT molecular complexity index is 1430. The average molecular weight is 563 g/mol. The monoisotopic (exact) mass is 562 g/mol. The highest BCUT2D eigenvalue weighted by Gasteiger charge is 2.39. The minimum atomic E-state index is -3.18. The van der Waals surface area contributed by atoms with Crippen molar-refractivity contribution >= 4 is 24.4 Å². The van der Waals surface area contributed by atoms with Crippen LogP contribution in [0.15, 0.2) is 54.6 Å². The van der Waals surface area contributed by atoms with E-state index in [0.717, 1.165) is 11.1 Å². The largest absolute Gasteiger partial charge is 0.496 e. The molecule has 0 aliphatic carbocycles. The number of carbonyl (C=O) groups is 2. The number of hydrogen-bond donors (Lipinski definition) is 0. The Kier molecular flexibility index (Phi) is 8.91. The van der Waals surface area contributed by atoms with Gasteiger partial charge in [-0.25, -0.2) is 0 Å². The topological polar surface area (TPSA) is 69.7 Å². The van der Waals surface area contributed by atoms with Crippen LogP contribution in [0.25, 0.3) is 0 Å². The van der Waals surface area contributed by atoms with Crippen molar-refractivity contribution in [3.05, 3.63) is 88.0 Å². The van der Waals surface area contributed by atoms with Crippen LogP contribution in [0.3, 0.4) is 0 Å². The molecule has 1 unspecified atom stereocenters. The minimum absolute atomic E-state index is 0.144. The number of carbonyl (C=O) groups excluding carboxylic acids is 2. The van der Waals surface area contributed by atoms with Crippen molar-refractivity contribution in [2.75, 3.05) is 14.2 Å². The maximum atomic E-state index is 14.7. The van der Waals surface area contributed by atoms with Crippen LogP contribution in [0, 0.1) is 0 Å². The van der Waals surface area contributed by atoms with E-state index in [1.165, 1.54) is 14.2 Å². The number of ether oxygens (including phenoxy) is 2. The molecule has 3 aromatic rings. The van der Waals surface area contributed by atoms with Crippen molar-refractivity contribution in [3.63, 3.8) is 0 Å². The lowest BCUT2D eigenvalue weighted by Crippen LogP contribution is -2.35. The van der Waals surface area contributed by atoms with Crippen LogP contribution in [-0.4, -0.2) is 25.5 Å². The van der Waals surface area contributed by atoms with E-state index < -0.39 is 29.6 Å². The molecule has 0 heterocycles. The van der Waals surface area contributed by atoms with Crippen molar-refractivity contribution in [1.82, 2.24) is 0 Å². The summed E-state index contributed by atoms with van der Waals surface area (Å²) in [6, 6.07) is 16.2. The lowest BCUT2D eigenvalue weighted by Gasteiger charge is -2.36. The molecule has 1 atom stereocenters. The SMILES string of the molecule is COc1cccc(OC)c1C(=O)[PH](=O)c1c(C(C)(C)C)cc(C(C)(C)C)c(C(=O)c2ccccc2)c1C(C)(C)C. The molecule has 0 aliphatic heterocycles. The Hall–Kier alpha value is -3.17. The van der Waals surface area contributed by atoms with Gasteiger partial charge in [0.1, 0.15) is 17.1 Å². The number of benzene rings is 3. The molecule has 6 heteroatoms. The van der Waals surface area contributed by atoms with E-state index in [2.05, 4.69) is 20.8 Å². The van der Waals surface area contributed by atoms with Gasteiger partial charge in [-0.05, 0) is 45.1 Å². The Balaban J connectivity index is 2.55. The first-order valence-electron chi connectivity index (χ1n) is 13.6. The third kappa shape index (κ3) is 6.10. The van der Waals surface area contributed by atoms with Gasteiger partial charge in [-0.2, -0.15) is 0 Å². The van der Waals surface area contributed by atoms with Crippen LogP contribution in [0.5, 0.6) is 11.5 Å². The van der Waals surface area contributed by atoms with Gasteiger partial charge in [0.15, 0.2) is 13.6 Å². The molecule has 0 fully saturated rings. The first-order chi connectivity index (χ1) is 18.4. The highest BCUT2D eigenvalue weighted by molar-refractivity contribution is 7.71. The van der Waals surface area contributed by atoms with E-state index in [1.54, 1.807) is 30.3 Å². The van der Waals surface area contributed by atoms with E-state index in [9.17, 15) is 14.2 Å². The van der Waals surface area contributed by atoms with Crippen LogP contribution in [0.1, 0.15) is 105 Å². The maximum Gasteiger partial charge on any atom is 0.230 e. The summed E-state index contributed by atoms with van der Waals surface area (Å²) in [7, 11) is -0.243. The maximum absolute atomic E-state index is 14.7. The molecule has 0 aliphatic rings. The predicted molar refractivity (Wildman–Crippen MR) is 165 cm³/mol. The number of hydrogen-bond acceptors (Lipinski definition) is 5. The highest BCUT2D eigenvalue weighted by Crippen LogP contribution is 2.45. The fraction of sp³-hybridized carbons (Fsp3) is 0.412. The molecule has 5 nitrogen and oxygen atoms in total. The van der Waals surface area contributed by atoms with Gasteiger partial charge in [0.05, 0.1) is 14.2 Å². The second-order valence-corrected chi connectivity index (χ2v) is 14.8. The van der Waals surface area contributed by atoms with Gasteiger partial charge in [-0.1, -0.05) is 105 Å². The van der Waals surface area contributed by atoms with Gasteiger partial charge in [0, 0.05) is 16.4 Å². The van der Waals surface area contributed by atoms with Gasteiger partial charge in [-0.15, -0.1) is 0 Å². The lowest BCUT2D eigenvalue weighted by molar-refractivity contribution is 0.103. The number of rotatable bonds is 7. The standard InChI is InChI=1S/C34H43O5P/c1-32(2,3)22-20-23(33(4,5)6)30(40(37)31(36)27-24(38-10)18-15-19-25(27)39-11)28(34(7,8)9)26(22)29(35)21-16-13-12-14-17-21/h12-20,40H,1-11H3. The number of methoxy groups -OCH3 is 2. The molecular weight excluding hydrogens is 519 g/mol. The van der Waals surface area contributed by atoms with Crippen LogP contribution < -0.4 is 14.8 Å². The smallest absolute Gasteiger partial charge is 0.230 e. The van der Waals surface area contributed by atoms with Gasteiger partial charge in [0.2, 0.25) is 5.52 Å². The molecule has 0 saturated carbocycles. The first kappa shape index (κ1) is 31.4. The quantitative estimate of drug-likeness (QED) is 0.217. The lowest BCUT2D eigenvalue weighted by atomic mass is 9.70. The predicted octanol–water partition coefficient (Wildman–Crippen LogP) is 7.85. The third-order valence-electron chi connectivity index (χ3n) is 7.04. The summed E-state index contributed by atoms with van der Waals surface area (Å²) in [4.78, 5) is 28.5. The summed E-state index contributed by atoms with van der Waals surface area (Å²) in [6.07, 6.45) is 0. The number of ketones is 1. The summed E-state index contributed by atoms with van der Waals surface area (Å²) in [5.41, 5.74) is 1.52. The molecule has 0 bridgehead atoms. The Labute approximate surface area is 240 Å². The van der Waals surface area contributed by atoms with E-state index in [-0.39, 0.29) is 11.3 Å². The van der Waals surface area contributed by atoms with Gasteiger partial charge < -0.3 is 14.0 Å². The van der Waals surface area contributed by atoms with Crippen molar-refractivity contribution in [3.8, 4) is 11.5 Å². The van der Waals surface area contributed by atoms with E-state index in [0.29, 0.717) is 33.5 Å². The molecule has 3 rings (SSSR count). The first-order valence-corrected chi connectivity index (χ1v) is 15.0. The van der Waals surface area contributed by atoms with Crippen molar-refractivity contribution in [2.45, 2.75) is 78.6 Å². The summed E-state index contributed by atoms with van der Waals surface area (Å²) in [5, 5.41) is 0.454. The van der Waals surface area contributed by atoms with E-state index in [1.807, 2.05) is 65.8 Å². The minimum Gasteiger partial charge on any atom is -0.496 e. The van der Waals surface area contributed by atoms with Crippen molar-refractivity contribution < 1.29 is 23.6 Å². The van der Waals surface area contributed by atoms with Gasteiger partial charge in [0.25, 0.3) is 0 Å². The highest BCUT2D eigenvalue weighted by atomic mass is 31.1. The van der Waals surface area contributed by atoms with Crippen LogP contribution in [0.4, 0.5) is 0 Å². The molecule has 0 radical (unpaired) electrons. The molecule has 3 aromatic carbocycles. The zero-order chi connectivity index (χ0) is 30.2. The molecule has 0 N–H and O–H groups in total. The summed E-state index contributed by atoms with van der Waals surface area (Å²) in [6.45, 7) is 18.4. The third-order valence-corrected chi connectivity index (χ3v) is 8.68. The van der Waals surface area contributed by atoms with E-state index >= 15 is 0 Å². The molecule has 214 valence electrons. The van der Waals surface area contributed by atoms with Gasteiger partial charge in [-0.3, -0.25) is 9.59 Å². The normalized spacial score (nSPS) is 13.1. The summed E-state index contributed by atoms with van der Waals surface area (Å²) < 4.78 is 25.7. The van der Waals surface area contributed by atoms with Gasteiger partial charge >= 0.3 is 0 Å². The molecule has 0 spiro atoms. The van der Waals surface area contributed by atoms with E-state index in [4.69, 9.17) is 9.47 Å². The fourth-order valence-electron chi connectivity index (χ4n) is 5.12. The summed E-state index contributed by atoms with van der Waals surface area (Å²) in [5.74, 6) is 0.447. The molecule has 40 heavy (non-hydrogen) atoms. The molecule has 0 amide bonds. The van der Waals surface area contributed by atoms with Crippen LogP contribution in [0.2, 0.25) is 0 Å². The Morgan fingerprint density at radius 2 is 1.15 bits per heavy atom. The molecule has 0 saturated heterocycles. The summed E-state index contributed by atoms with van der Waals surface area (Å²) >= 11 is 0. The van der Waals surface area contributed by atoms with Crippen LogP contribution in [-0.2, 0) is 20.8 Å². The molecule has 0 aromatic heterocycles. The average Bonchev–Trinajstić information content (AvgIpc) is 2.88. The van der Waals surface area contributed by atoms with Crippen molar-refractivity contribution in [2.24, 2.45) is 0 Å². The second kappa shape index (κ2) is 11.4. The van der Waals surface area contributed by atoms with Crippen molar-refractivity contribution in [1.29, 1.82) is 0 Å². The molecular formula is C34H43O5P. The Morgan fingerprint density at radius 3 is 1.57 bits per heavy atom. The Morgan fingerprint density at radius 1 is 0.650 bits per heavy atom. The second-order valence-electron chi connectivity index (χ2n) is 13.2. The van der Waals surface area contributed by atoms with Crippen LogP contribution >= 0.6 is 7.80 Å².